The summed E-state index contributed by atoms with van der Waals surface area (Å²) in [4.78, 5) is 28.9. The second-order valence-corrected chi connectivity index (χ2v) is 7.43. The van der Waals surface area contributed by atoms with Gasteiger partial charge in [0, 0.05) is 50.8 Å². The van der Waals surface area contributed by atoms with E-state index in [0.717, 1.165) is 6.07 Å². The van der Waals surface area contributed by atoms with E-state index in [4.69, 9.17) is 16.7 Å². The van der Waals surface area contributed by atoms with Crippen LogP contribution in [0.3, 0.4) is 0 Å². The summed E-state index contributed by atoms with van der Waals surface area (Å²) in [7, 11) is 0. The number of benzene rings is 1. The van der Waals surface area contributed by atoms with Gasteiger partial charge in [0.2, 0.25) is 0 Å². The molecule has 1 saturated heterocycles. The largest absolute Gasteiger partial charge is 0.478 e. The Morgan fingerprint density at radius 1 is 1.21 bits per heavy atom. The van der Waals surface area contributed by atoms with Crippen LogP contribution in [-0.4, -0.2) is 52.2 Å². The van der Waals surface area contributed by atoms with Crippen LogP contribution in [0.25, 0.3) is 0 Å². The minimum absolute atomic E-state index is 0.0928. The van der Waals surface area contributed by atoms with Crippen molar-refractivity contribution in [3.63, 3.8) is 0 Å². The van der Waals surface area contributed by atoms with Gasteiger partial charge in [0.25, 0.3) is 5.91 Å². The summed E-state index contributed by atoms with van der Waals surface area (Å²) in [5.41, 5.74) is -0.482. The molecule has 9 heteroatoms. The molecule has 0 aliphatic carbocycles. The van der Waals surface area contributed by atoms with Crippen molar-refractivity contribution in [2.24, 2.45) is 0 Å². The Labute approximate surface area is 171 Å². The third-order valence-corrected chi connectivity index (χ3v) is 5.22. The minimum atomic E-state index is -1.46. The van der Waals surface area contributed by atoms with Crippen LogP contribution in [-0.2, 0) is 6.54 Å². The Morgan fingerprint density at radius 2 is 1.90 bits per heavy atom. The predicted octanol–water partition coefficient (Wildman–Crippen LogP) is 3.31. The zero-order chi connectivity index (χ0) is 21.0. The highest BCUT2D eigenvalue weighted by molar-refractivity contribution is 6.31. The molecule has 0 spiro atoms. The molecule has 1 aliphatic rings. The number of hydrogen-bond acceptors (Lipinski definition) is 4. The highest BCUT2D eigenvalue weighted by Crippen LogP contribution is 2.27. The van der Waals surface area contributed by atoms with Gasteiger partial charge < -0.3 is 15.3 Å². The number of aromatic carboxylic acids is 1. The maximum absolute atomic E-state index is 15.0. The topological polar surface area (TPSA) is 82.5 Å². The molecule has 154 valence electrons. The lowest BCUT2D eigenvalue weighted by Crippen LogP contribution is -2.48. The SMILES string of the molecule is O=C(O)c1ccc(CNCC2(F)CCN(C(=O)c3ccc(F)c(Cl)c3)CC2)nc1. The number of halogens is 3. The fourth-order valence-electron chi connectivity index (χ4n) is 3.17. The van der Waals surface area contributed by atoms with Crippen molar-refractivity contribution in [2.75, 3.05) is 19.6 Å². The number of amides is 1. The molecule has 3 rings (SSSR count). The lowest BCUT2D eigenvalue weighted by Gasteiger charge is -2.36. The second kappa shape index (κ2) is 8.84. The fourth-order valence-corrected chi connectivity index (χ4v) is 3.35. The lowest BCUT2D eigenvalue weighted by molar-refractivity contribution is 0.0434. The quantitative estimate of drug-likeness (QED) is 0.745. The van der Waals surface area contributed by atoms with E-state index in [-0.39, 0.29) is 54.5 Å². The van der Waals surface area contributed by atoms with Crippen LogP contribution >= 0.6 is 11.6 Å². The Balaban J connectivity index is 1.49. The van der Waals surface area contributed by atoms with Crippen LogP contribution in [0.1, 0.15) is 39.3 Å². The average Bonchev–Trinajstić information content (AvgIpc) is 2.70. The van der Waals surface area contributed by atoms with Crippen LogP contribution in [0.5, 0.6) is 0 Å². The zero-order valence-electron chi connectivity index (χ0n) is 15.5. The molecule has 1 aromatic heterocycles. The average molecular weight is 424 g/mol. The first-order valence-corrected chi connectivity index (χ1v) is 9.47. The molecular weight excluding hydrogens is 404 g/mol. The van der Waals surface area contributed by atoms with Crippen molar-refractivity contribution in [2.45, 2.75) is 25.1 Å². The maximum atomic E-state index is 15.0. The van der Waals surface area contributed by atoms with Gasteiger partial charge in [-0.05, 0) is 30.3 Å². The number of carboxylic acid groups (broad SMARTS) is 1. The van der Waals surface area contributed by atoms with E-state index in [9.17, 15) is 14.0 Å². The number of carbonyl (C=O) groups is 2. The van der Waals surface area contributed by atoms with Gasteiger partial charge in [0.1, 0.15) is 11.5 Å². The Bertz CT molecular complexity index is 900. The summed E-state index contributed by atoms with van der Waals surface area (Å²) < 4.78 is 28.3. The fraction of sp³-hybridized carbons (Fsp3) is 0.350. The molecule has 6 nitrogen and oxygen atoms in total. The number of pyridine rings is 1. The number of nitrogens with one attached hydrogen (secondary N) is 1. The second-order valence-electron chi connectivity index (χ2n) is 7.02. The molecule has 0 saturated carbocycles. The summed E-state index contributed by atoms with van der Waals surface area (Å²) in [5, 5.41) is 11.7. The molecule has 0 unspecified atom stereocenters. The van der Waals surface area contributed by atoms with Crippen molar-refractivity contribution in [3.05, 3.63) is 64.2 Å². The number of likely N-dealkylation sites (tertiary alicyclic amines) is 1. The molecule has 1 aromatic carbocycles. The number of aromatic nitrogens is 1. The standard InChI is InChI=1S/C20H20ClF2N3O3/c21-16-9-13(2-4-17(16)22)18(27)26-7-5-20(23,6-8-26)12-24-11-15-3-1-14(10-25-15)19(28)29/h1-4,9-10,24H,5-8,11-12H2,(H,28,29). The number of nitrogens with zero attached hydrogens (tertiary/aromatic N) is 2. The Hall–Kier alpha value is -2.58. The first-order valence-electron chi connectivity index (χ1n) is 9.10. The highest BCUT2D eigenvalue weighted by atomic mass is 35.5. The van der Waals surface area contributed by atoms with Crippen molar-refractivity contribution in [3.8, 4) is 0 Å². The van der Waals surface area contributed by atoms with Gasteiger partial charge >= 0.3 is 5.97 Å². The number of alkyl halides is 1. The molecule has 2 heterocycles. The molecule has 2 aromatic rings. The minimum Gasteiger partial charge on any atom is -0.478 e. The highest BCUT2D eigenvalue weighted by Gasteiger charge is 2.36. The van der Waals surface area contributed by atoms with E-state index >= 15 is 4.39 Å². The van der Waals surface area contributed by atoms with Crippen LogP contribution in [0, 0.1) is 5.82 Å². The van der Waals surface area contributed by atoms with Gasteiger partial charge in [-0.15, -0.1) is 0 Å². The van der Waals surface area contributed by atoms with Crippen molar-refractivity contribution in [1.82, 2.24) is 15.2 Å². The van der Waals surface area contributed by atoms with Gasteiger partial charge in [-0.3, -0.25) is 9.78 Å². The summed E-state index contributed by atoms with van der Waals surface area (Å²) in [6, 6.07) is 6.81. The van der Waals surface area contributed by atoms with Crippen LogP contribution in [0.2, 0.25) is 5.02 Å². The van der Waals surface area contributed by atoms with Crippen molar-refractivity contribution >= 4 is 23.5 Å². The summed E-state index contributed by atoms with van der Waals surface area (Å²) in [6.07, 6.45) is 1.61. The monoisotopic (exact) mass is 423 g/mol. The number of carbonyl (C=O) groups excluding carboxylic acids is 1. The molecule has 0 radical (unpaired) electrons. The molecule has 1 fully saturated rings. The van der Waals surface area contributed by atoms with Gasteiger partial charge in [-0.25, -0.2) is 13.6 Å². The first kappa shape index (κ1) is 21.1. The number of rotatable bonds is 6. The molecule has 2 N–H and O–H groups in total. The van der Waals surface area contributed by atoms with Crippen LogP contribution in [0.15, 0.2) is 36.5 Å². The third-order valence-electron chi connectivity index (χ3n) is 4.93. The Kier molecular flexibility index (Phi) is 6.44. The first-order chi connectivity index (χ1) is 13.8. The van der Waals surface area contributed by atoms with Crippen LogP contribution in [0.4, 0.5) is 8.78 Å². The third kappa shape index (κ3) is 5.27. The maximum Gasteiger partial charge on any atom is 0.337 e. The number of carboxylic acids is 1. The van der Waals surface area contributed by atoms with Crippen LogP contribution < -0.4 is 5.32 Å². The summed E-state index contributed by atoms with van der Waals surface area (Å²) in [5.74, 6) is -1.95. The smallest absolute Gasteiger partial charge is 0.337 e. The lowest BCUT2D eigenvalue weighted by atomic mass is 9.92. The van der Waals surface area contributed by atoms with Gasteiger partial charge in [0.15, 0.2) is 0 Å². The van der Waals surface area contributed by atoms with E-state index in [1.807, 2.05) is 0 Å². The number of hydrogen-bond donors (Lipinski definition) is 2. The molecule has 0 bridgehead atoms. The van der Waals surface area contributed by atoms with E-state index in [1.54, 1.807) is 6.07 Å². The molecule has 1 amide bonds. The predicted molar refractivity (Wildman–Crippen MR) is 103 cm³/mol. The van der Waals surface area contributed by atoms with Gasteiger partial charge in [-0.2, -0.15) is 0 Å². The normalized spacial score (nSPS) is 15.9. The summed E-state index contributed by atoms with van der Waals surface area (Å²) in [6.45, 7) is 0.900. The van der Waals surface area contributed by atoms with E-state index < -0.39 is 17.5 Å². The Morgan fingerprint density at radius 3 is 2.48 bits per heavy atom. The molecule has 1 aliphatic heterocycles. The number of piperidine rings is 1. The van der Waals surface area contributed by atoms with Crippen molar-refractivity contribution < 1.29 is 23.5 Å². The van der Waals surface area contributed by atoms with Gasteiger partial charge in [-0.1, -0.05) is 11.6 Å². The van der Waals surface area contributed by atoms with E-state index in [1.165, 1.54) is 29.3 Å². The summed E-state index contributed by atoms with van der Waals surface area (Å²) >= 11 is 5.73. The molecular formula is C20H20ClF2N3O3. The van der Waals surface area contributed by atoms with Gasteiger partial charge in [0.05, 0.1) is 16.3 Å². The molecule has 29 heavy (non-hydrogen) atoms. The van der Waals surface area contributed by atoms with Crippen molar-refractivity contribution in [1.29, 1.82) is 0 Å². The molecule has 0 atom stereocenters. The zero-order valence-corrected chi connectivity index (χ0v) is 16.3. The van der Waals surface area contributed by atoms with E-state index in [0.29, 0.717) is 12.2 Å². The van der Waals surface area contributed by atoms with E-state index in [2.05, 4.69) is 10.3 Å².